The van der Waals surface area contributed by atoms with Gasteiger partial charge in [0.2, 0.25) is 5.91 Å². The Labute approximate surface area is 175 Å². The summed E-state index contributed by atoms with van der Waals surface area (Å²) in [6.45, 7) is 4.03. The number of rotatable bonds is 9. The Morgan fingerprint density at radius 3 is 2.60 bits per heavy atom. The fourth-order valence-corrected chi connectivity index (χ4v) is 3.12. The number of unbranched alkanes of at least 4 members (excludes halogenated alkanes) is 1. The van der Waals surface area contributed by atoms with E-state index in [0.29, 0.717) is 29.4 Å². The predicted octanol–water partition coefficient (Wildman–Crippen LogP) is 4.37. The van der Waals surface area contributed by atoms with E-state index in [4.69, 9.17) is 5.73 Å². The number of hydrogen-bond donors (Lipinski definition) is 3. The van der Waals surface area contributed by atoms with Gasteiger partial charge in [0, 0.05) is 29.6 Å². The number of hydrogen-bond acceptors (Lipinski definition) is 6. The van der Waals surface area contributed by atoms with Crippen LogP contribution in [0.1, 0.15) is 54.2 Å². The van der Waals surface area contributed by atoms with Crippen LogP contribution in [0.25, 0.3) is 0 Å². The third-order valence-corrected chi connectivity index (χ3v) is 4.71. The maximum atomic E-state index is 13.3. The topological polar surface area (TPSA) is 106 Å². The van der Waals surface area contributed by atoms with Gasteiger partial charge >= 0.3 is 0 Å². The Kier molecular flexibility index (Phi) is 6.90. The fraction of sp³-hybridized carbons (Fsp3) is 0.273. The number of nitrogens with one attached hydrogen (secondary N) is 2. The minimum Gasteiger partial charge on any atom is -0.366 e. The van der Waals surface area contributed by atoms with Gasteiger partial charge in [0.15, 0.2) is 0 Å². The lowest BCUT2D eigenvalue weighted by Gasteiger charge is -2.20. The van der Waals surface area contributed by atoms with Crippen LogP contribution in [0, 0.1) is 5.82 Å². The van der Waals surface area contributed by atoms with Crippen molar-refractivity contribution in [1.82, 2.24) is 15.0 Å². The molecule has 8 heteroatoms. The first-order valence-electron chi connectivity index (χ1n) is 9.86. The molecule has 2 heterocycles. The number of nitrogens with two attached hydrogens (primary N) is 1. The molecule has 156 valence electrons. The van der Waals surface area contributed by atoms with Crippen LogP contribution in [-0.4, -0.2) is 20.9 Å². The number of primary amides is 1. The van der Waals surface area contributed by atoms with Gasteiger partial charge in [-0.1, -0.05) is 25.5 Å². The highest BCUT2D eigenvalue weighted by atomic mass is 19.1. The summed E-state index contributed by atoms with van der Waals surface area (Å²) in [5, 5.41) is 6.42. The van der Waals surface area contributed by atoms with Crippen molar-refractivity contribution in [2.24, 2.45) is 5.73 Å². The van der Waals surface area contributed by atoms with E-state index in [0.717, 1.165) is 24.0 Å². The molecule has 0 saturated carbocycles. The molecule has 0 aliphatic carbocycles. The molecule has 0 unspecified atom stereocenters. The molecule has 0 spiro atoms. The third kappa shape index (κ3) is 5.28. The smallest absolute Gasteiger partial charge is 0.249 e. The summed E-state index contributed by atoms with van der Waals surface area (Å²) in [5.41, 5.74) is 7.75. The molecule has 0 saturated heterocycles. The highest BCUT2D eigenvalue weighted by Gasteiger charge is 2.18. The van der Waals surface area contributed by atoms with Crippen LogP contribution in [0.5, 0.6) is 0 Å². The maximum absolute atomic E-state index is 13.3. The van der Waals surface area contributed by atoms with Crippen LogP contribution in [0.2, 0.25) is 0 Å². The lowest BCUT2D eigenvalue weighted by Crippen LogP contribution is -2.18. The molecule has 1 amide bonds. The zero-order valence-electron chi connectivity index (χ0n) is 17.0. The quantitative estimate of drug-likeness (QED) is 0.485. The molecule has 2 aromatic heterocycles. The highest BCUT2D eigenvalue weighted by molar-refractivity contribution is 5.96. The van der Waals surface area contributed by atoms with Crippen molar-refractivity contribution in [3.63, 3.8) is 0 Å². The second-order valence-electron chi connectivity index (χ2n) is 6.98. The summed E-state index contributed by atoms with van der Waals surface area (Å²) in [7, 11) is 0. The first-order chi connectivity index (χ1) is 14.5. The average Bonchev–Trinajstić information content (AvgIpc) is 2.74. The van der Waals surface area contributed by atoms with Crippen molar-refractivity contribution in [2.75, 3.05) is 10.6 Å². The number of pyridine rings is 1. The SMILES string of the molecule is CCCCc1c(C(N)=O)cc(Nc2cnccn2)nc1N[C@@H](C)c1ccc(F)cc1. The van der Waals surface area contributed by atoms with E-state index in [1.807, 2.05) is 6.92 Å². The zero-order valence-corrected chi connectivity index (χ0v) is 17.0. The summed E-state index contributed by atoms with van der Waals surface area (Å²) in [5.74, 6) is 0.669. The molecule has 0 fully saturated rings. The number of halogens is 1. The van der Waals surface area contributed by atoms with Crippen LogP contribution in [0.4, 0.5) is 21.8 Å². The van der Waals surface area contributed by atoms with Gasteiger partial charge in [0.1, 0.15) is 23.3 Å². The van der Waals surface area contributed by atoms with Gasteiger partial charge in [0.05, 0.1) is 6.20 Å². The van der Waals surface area contributed by atoms with E-state index in [9.17, 15) is 9.18 Å². The molecule has 1 aromatic carbocycles. The minimum atomic E-state index is -0.525. The summed E-state index contributed by atoms with van der Waals surface area (Å²) in [6.07, 6.45) is 7.20. The number of aromatic nitrogens is 3. The van der Waals surface area contributed by atoms with Crippen LogP contribution >= 0.6 is 0 Å². The standard InChI is InChI=1S/C22H25FN6O/c1-3-4-5-17-18(21(24)30)12-19(28-20-13-25-10-11-26-20)29-22(17)27-14(2)15-6-8-16(23)9-7-15/h6-14H,3-5H2,1-2H3,(H2,24,30)(H2,26,27,28,29)/t14-/m0/s1. The molecule has 1 atom stereocenters. The molecular weight excluding hydrogens is 383 g/mol. The molecular formula is C22H25FN6O. The van der Waals surface area contributed by atoms with Crippen LogP contribution in [0.3, 0.4) is 0 Å². The van der Waals surface area contributed by atoms with Crippen molar-refractivity contribution in [1.29, 1.82) is 0 Å². The average molecular weight is 408 g/mol. The molecule has 30 heavy (non-hydrogen) atoms. The van der Waals surface area contributed by atoms with Gasteiger partial charge in [-0.3, -0.25) is 9.78 Å². The number of anilines is 3. The van der Waals surface area contributed by atoms with E-state index in [1.54, 1.807) is 36.8 Å². The Morgan fingerprint density at radius 1 is 1.20 bits per heavy atom. The van der Waals surface area contributed by atoms with Gasteiger partial charge in [0.25, 0.3) is 0 Å². The highest BCUT2D eigenvalue weighted by Crippen LogP contribution is 2.28. The Bertz CT molecular complexity index is 995. The molecule has 0 radical (unpaired) electrons. The number of carbonyl (C=O) groups excluding carboxylic acids is 1. The summed E-state index contributed by atoms with van der Waals surface area (Å²) in [6, 6.07) is 7.74. The summed E-state index contributed by atoms with van der Waals surface area (Å²) >= 11 is 0. The normalized spacial score (nSPS) is 11.7. The van der Waals surface area contributed by atoms with Crippen molar-refractivity contribution < 1.29 is 9.18 Å². The van der Waals surface area contributed by atoms with E-state index >= 15 is 0 Å². The zero-order chi connectivity index (χ0) is 21.5. The maximum Gasteiger partial charge on any atom is 0.249 e. The van der Waals surface area contributed by atoms with Crippen molar-refractivity contribution in [3.8, 4) is 0 Å². The molecule has 3 rings (SSSR count). The van der Waals surface area contributed by atoms with Crippen molar-refractivity contribution in [3.05, 3.63) is 71.4 Å². The van der Waals surface area contributed by atoms with E-state index < -0.39 is 5.91 Å². The van der Waals surface area contributed by atoms with E-state index in [2.05, 4.69) is 32.5 Å². The van der Waals surface area contributed by atoms with Gasteiger partial charge in [-0.15, -0.1) is 0 Å². The van der Waals surface area contributed by atoms with Gasteiger partial charge in [-0.25, -0.2) is 14.4 Å². The number of carbonyl (C=O) groups is 1. The first-order valence-corrected chi connectivity index (χ1v) is 9.86. The van der Waals surface area contributed by atoms with Crippen LogP contribution in [-0.2, 0) is 6.42 Å². The molecule has 7 nitrogen and oxygen atoms in total. The third-order valence-electron chi connectivity index (χ3n) is 4.71. The van der Waals surface area contributed by atoms with Crippen molar-refractivity contribution >= 4 is 23.4 Å². The molecule has 0 aliphatic rings. The number of amides is 1. The fourth-order valence-electron chi connectivity index (χ4n) is 3.12. The largest absolute Gasteiger partial charge is 0.366 e. The predicted molar refractivity (Wildman–Crippen MR) is 115 cm³/mol. The molecule has 0 aliphatic heterocycles. The Morgan fingerprint density at radius 2 is 1.97 bits per heavy atom. The monoisotopic (exact) mass is 408 g/mol. The first kappa shape index (κ1) is 21.2. The Balaban J connectivity index is 1.99. The van der Waals surface area contributed by atoms with Crippen molar-refractivity contribution in [2.45, 2.75) is 39.2 Å². The second-order valence-corrected chi connectivity index (χ2v) is 6.98. The molecule has 0 bridgehead atoms. The second kappa shape index (κ2) is 9.78. The summed E-state index contributed by atoms with van der Waals surface area (Å²) in [4.78, 5) is 25.1. The molecule has 4 N–H and O–H groups in total. The van der Waals surface area contributed by atoms with E-state index in [-0.39, 0.29) is 11.9 Å². The lowest BCUT2D eigenvalue weighted by molar-refractivity contribution is 0.0999. The Hall–Kier alpha value is -3.55. The van der Waals surface area contributed by atoms with Crippen LogP contribution < -0.4 is 16.4 Å². The van der Waals surface area contributed by atoms with Crippen LogP contribution in [0.15, 0.2) is 48.9 Å². The summed E-state index contributed by atoms with van der Waals surface area (Å²) < 4.78 is 13.3. The molecule has 3 aromatic rings. The number of benzene rings is 1. The van der Waals surface area contributed by atoms with Gasteiger partial charge < -0.3 is 16.4 Å². The number of nitrogens with zero attached hydrogens (tertiary/aromatic N) is 3. The van der Waals surface area contributed by atoms with Gasteiger partial charge in [-0.2, -0.15) is 0 Å². The van der Waals surface area contributed by atoms with E-state index in [1.165, 1.54) is 12.1 Å². The lowest BCUT2D eigenvalue weighted by atomic mass is 10.0. The van der Waals surface area contributed by atoms with Gasteiger partial charge in [-0.05, 0) is 43.5 Å². The minimum absolute atomic E-state index is 0.161.